The van der Waals surface area contributed by atoms with Crippen LogP contribution in [0.15, 0.2) is 24.3 Å². The van der Waals surface area contributed by atoms with Crippen molar-refractivity contribution >= 4 is 0 Å². The van der Waals surface area contributed by atoms with E-state index in [1.807, 2.05) is 31.2 Å². The lowest BCUT2D eigenvalue weighted by Crippen LogP contribution is -3.14. The quantitative estimate of drug-likeness (QED) is 0.828. The minimum absolute atomic E-state index is 0.384. The minimum Gasteiger partial charge on any atom is -0.490 e. The number of aliphatic hydroxyl groups excluding tert-OH is 1. The first-order valence-electron chi connectivity index (χ1n) is 7.85. The van der Waals surface area contributed by atoms with Crippen LogP contribution in [-0.4, -0.2) is 37.5 Å². The lowest BCUT2D eigenvalue weighted by Gasteiger charge is -2.29. The third-order valence-electron chi connectivity index (χ3n) is 4.38. The summed E-state index contributed by atoms with van der Waals surface area (Å²) < 4.78 is 5.72. The second-order valence-electron chi connectivity index (χ2n) is 6.12. The highest BCUT2D eigenvalue weighted by Crippen LogP contribution is 2.16. The Hall–Kier alpha value is -1.06. The molecule has 1 unspecified atom stereocenters. The normalized spacial score (nSPS) is 19.6. The van der Waals surface area contributed by atoms with Crippen LogP contribution in [0.5, 0.6) is 5.75 Å². The van der Waals surface area contributed by atoms with Crippen LogP contribution in [0.2, 0.25) is 0 Å². The molecule has 0 heterocycles. The number of para-hydroxylation sites is 1. The van der Waals surface area contributed by atoms with Crippen LogP contribution in [0.25, 0.3) is 0 Å². The van der Waals surface area contributed by atoms with Crippen molar-refractivity contribution < 1.29 is 14.7 Å². The SMILES string of the molecule is Cc1ccccc1OC[C@@H](O)C[NH+](C)C1CCCCC1. The van der Waals surface area contributed by atoms with Crippen molar-refractivity contribution in [2.75, 3.05) is 20.2 Å². The van der Waals surface area contributed by atoms with E-state index in [0.29, 0.717) is 6.61 Å². The third-order valence-corrected chi connectivity index (χ3v) is 4.38. The molecule has 2 atom stereocenters. The molecule has 0 radical (unpaired) electrons. The highest BCUT2D eigenvalue weighted by Gasteiger charge is 2.23. The zero-order valence-corrected chi connectivity index (χ0v) is 12.8. The van der Waals surface area contributed by atoms with Crippen molar-refractivity contribution in [1.29, 1.82) is 0 Å². The number of rotatable bonds is 6. The number of hydrogen-bond donors (Lipinski definition) is 2. The van der Waals surface area contributed by atoms with Crippen molar-refractivity contribution in [2.45, 2.75) is 51.2 Å². The van der Waals surface area contributed by atoms with Crippen LogP contribution >= 0.6 is 0 Å². The van der Waals surface area contributed by atoms with Gasteiger partial charge in [0.05, 0.1) is 13.1 Å². The molecular formula is C17H28NO2+. The zero-order chi connectivity index (χ0) is 14.4. The second-order valence-corrected chi connectivity index (χ2v) is 6.12. The van der Waals surface area contributed by atoms with Gasteiger partial charge in [0.25, 0.3) is 0 Å². The molecule has 1 aliphatic rings. The first-order chi connectivity index (χ1) is 9.66. The Morgan fingerprint density at radius 2 is 1.95 bits per heavy atom. The van der Waals surface area contributed by atoms with E-state index in [0.717, 1.165) is 23.9 Å². The van der Waals surface area contributed by atoms with E-state index in [2.05, 4.69) is 7.05 Å². The summed E-state index contributed by atoms with van der Waals surface area (Å²) in [5, 5.41) is 10.2. The lowest BCUT2D eigenvalue weighted by molar-refractivity contribution is -0.910. The van der Waals surface area contributed by atoms with Gasteiger partial charge in [0.2, 0.25) is 0 Å². The van der Waals surface area contributed by atoms with E-state index >= 15 is 0 Å². The van der Waals surface area contributed by atoms with Gasteiger partial charge in [-0.2, -0.15) is 0 Å². The van der Waals surface area contributed by atoms with Crippen LogP contribution in [-0.2, 0) is 0 Å². The number of aryl methyl sites for hydroxylation is 1. The maximum absolute atomic E-state index is 10.2. The van der Waals surface area contributed by atoms with Crippen molar-refractivity contribution in [3.63, 3.8) is 0 Å². The number of likely N-dealkylation sites (N-methyl/N-ethyl adjacent to an activating group) is 1. The van der Waals surface area contributed by atoms with Gasteiger partial charge >= 0.3 is 0 Å². The summed E-state index contributed by atoms with van der Waals surface area (Å²) in [6.07, 6.45) is 6.28. The summed E-state index contributed by atoms with van der Waals surface area (Å²) in [6, 6.07) is 8.67. The number of aliphatic hydroxyl groups is 1. The van der Waals surface area contributed by atoms with Gasteiger partial charge in [-0.3, -0.25) is 0 Å². The number of ether oxygens (including phenoxy) is 1. The fourth-order valence-corrected chi connectivity index (χ4v) is 3.10. The fourth-order valence-electron chi connectivity index (χ4n) is 3.10. The van der Waals surface area contributed by atoms with Crippen LogP contribution in [0.1, 0.15) is 37.7 Å². The van der Waals surface area contributed by atoms with Gasteiger partial charge in [-0.05, 0) is 44.2 Å². The van der Waals surface area contributed by atoms with Crippen LogP contribution in [0, 0.1) is 6.92 Å². The van der Waals surface area contributed by atoms with Crippen molar-refractivity contribution in [2.24, 2.45) is 0 Å². The number of quaternary nitrogens is 1. The Bertz CT molecular complexity index is 402. The molecule has 1 saturated carbocycles. The smallest absolute Gasteiger partial charge is 0.137 e. The van der Waals surface area contributed by atoms with E-state index in [4.69, 9.17) is 4.74 Å². The Kier molecular flexibility index (Phi) is 5.86. The van der Waals surface area contributed by atoms with E-state index in [1.54, 1.807) is 0 Å². The van der Waals surface area contributed by atoms with Crippen LogP contribution < -0.4 is 9.64 Å². The fraction of sp³-hybridized carbons (Fsp3) is 0.647. The van der Waals surface area contributed by atoms with Gasteiger partial charge in [-0.15, -0.1) is 0 Å². The Morgan fingerprint density at radius 3 is 2.65 bits per heavy atom. The largest absolute Gasteiger partial charge is 0.490 e. The molecule has 0 aliphatic heterocycles. The standard InChI is InChI=1S/C17H27NO2/c1-14-8-6-7-11-17(14)20-13-16(19)12-18(2)15-9-4-3-5-10-15/h6-8,11,15-16,19H,3-5,9-10,12-13H2,1-2H3/p+1/t16-/m0/s1. The molecule has 3 heteroatoms. The molecule has 0 saturated heterocycles. The summed E-state index contributed by atoms with van der Waals surface area (Å²) in [5.41, 5.74) is 1.12. The highest BCUT2D eigenvalue weighted by atomic mass is 16.5. The maximum Gasteiger partial charge on any atom is 0.137 e. The molecule has 0 aromatic heterocycles. The molecule has 1 aliphatic carbocycles. The molecule has 2 N–H and O–H groups in total. The molecule has 2 rings (SSSR count). The van der Waals surface area contributed by atoms with Gasteiger partial charge in [-0.1, -0.05) is 24.6 Å². The third kappa shape index (κ3) is 4.50. The molecular weight excluding hydrogens is 250 g/mol. The minimum atomic E-state index is -0.392. The first-order valence-corrected chi connectivity index (χ1v) is 7.85. The molecule has 1 aromatic rings. The monoisotopic (exact) mass is 278 g/mol. The number of benzene rings is 1. The van der Waals surface area contributed by atoms with Crippen molar-refractivity contribution in [1.82, 2.24) is 0 Å². The van der Waals surface area contributed by atoms with E-state index in [9.17, 15) is 5.11 Å². The van der Waals surface area contributed by atoms with Crippen LogP contribution in [0.4, 0.5) is 0 Å². The van der Waals surface area contributed by atoms with Crippen molar-refractivity contribution in [3.8, 4) is 5.75 Å². The van der Waals surface area contributed by atoms with E-state index in [1.165, 1.54) is 37.0 Å². The molecule has 20 heavy (non-hydrogen) atoms. The number of hydrogen-bond acceptors (Lipinski definition) is 2. The number of nitrogens with one attached hydrogen (secondary N) is 1. The summed E-state index contributed by atoms with van der Waals surface area (Å²) in [6.45, 7) is 3.19. The summed E-state index contributed by atoms with van der Waals surface area (Å²) in [7, 11) is 2.20. The van der Waals surface area contributed by atoms with Gasteiger partial charge in [-0.25, -0.2) is 0 Å². The average molecular weight is 278 g/mol. The van der Waals surface area contributed by atoms with Crippen molar-refractivity contribution in [3.05, 3.63) is 29.8 Å². The Morgan fingerprint density at radius 1 is 1.25 bits per heavy atom. The average Bonchev–Trinajstić information content (AvgIpc) is 2.47. The molecule has 1 aromatic carbocycles. The Balaban J connectivity index is 1.74. The van der Waals surface area contributed by atoms with E-state index in [-0.39, 0.29) is 0 Å². The molecule has 3 nitrogen and oxygen atoms in total. The lowest BCUT2D eigenvalue weighted by atomic mass is 9.94. The van der Waals surface area contributed by atoms with Gasteiger partial charge in [0, 0.05) is 0 Å². The zero-order valence-electron chi connectivity index (χ0n) is 12.8. The second kappa shape index (κ2) is 7.65. The first kappa shape index (κ1) is 15.3. The molecule has 0 amide bonds. The Labute approximate surface area is 122 Å². The van der Waals surface area contributed by atoms with Gasteiger partial charge in [0.15, 0.2) is 0 Å². The van der Waals surface area contributed by atoms with E-state index < -0.39 is 6.10 Å². The predicted octanol–water partition coefficient (Wildman–Crippen LogP) is 1.58. The summed E-state index contributed by atoms with van der Waals surface area (Å²) in [4.78, 5) is 1.45. The molecule has 0 spiro atoms. The molecule has 0 bridgehead atoms. The molecule has 112 valence electrons. The topological polar surface area (TPSA) is 33.9 Å². The summed E-state index contributed by atoms with van der Waals surface area (Å²) >= 11 is 0. The predicted molar refractivity (Wildman–Crippen MR) is 81.3 cm³/mol. The maximum atomic E-state index is 10.2. The summed E-state index contributed by atoms with van der Waals surface area (Å²) in [5.74, 6) is 0.877. The van der Waals surface area contributed by atoms with Gasteiger partial charge in [0.1, 0.15) is 25.0 Å². The van der Waals surface area contributed by atoms with Gasteiger partial charge < -0.3 is 14.7 Å². The van der Waals surface area contributed by atoms with Crippen LogP contribution in [0.3, 0.4) is 0 Å². The highest BCUT2D eigenvalue weighted by molar-refractivity contribution is 5.31. The molecule has 1 fully saturated rings.